The number of hydrogen-bond acceptors (Lipinski definition) is 3. The molecule has 0 radical (unpaired) electrons. The van der Waals surface area contributed by atoms with Gasteiger partial charge in [0.1, 0.15) is 5.82 Å². The van der Waals surface area contributed by atoms with Crippen molar-refractivity contribution in [1.82, 2.24) is 9.21 Å². The Bertz CT molecular complexity index is 956. The Morgan fingerprint density at radius 3 is 2.37 bits per heavy atom. The first-order chi connectivity index (χ1) is 12.9. The summed E-state index contributed by atoms with van der Waals surface area (Å²) in [6, 6.07) is 12.9. The van der Waals surface area contributed by atoms with Crippen LogP contribution in [0.4, 0.5) is 4.39 Å². The quantitative estimate of drug-likeness (QED) is 0.780. The van der Waals surface area contributed by atoms with Crippen molar-refractivity contribution in [3.05, 3.63) is 75.9 Å². The second-order valence-electron chi connectivity index (χ2n) is 6.07. The maximum Gasteiger partial charge on any atom is 0.256 e. The summed E-state index contributed by atoms with van der Waals surface area (Å²) >= 11 is 5.84. The van der Waals surface area contributed by atoms with Gasteiger partial charge in [0.05, 0.1) is 5.56 Å². The highest BCUT2D eigenvalue weighted by molar-refractivity contribution is 7.92. The fourth-order valence-electron chi connectivity index (χ4n) is 2.79. The Hall–Kier alpha value is -2.22. The van der Waals surface area contributed by atoms with Gasteiger partial charge in [0, 0.05) is 36.6 Å². The van der Waals surface area contributed by atoms with Crippen LogP contribution < -0.4 is 0 Å². The normalized spacial score (nSPS) is 16.0. The maximum absolute atomic E-state index is 13.9. The first-order valence-corrected chi connectivity index (χ1v) is 10.2. The Morgan fingerprint density at radius 2 is 1.70 bits per heavy atom. The Labute approximate surface area is 162 Å². The lowest BCUT2D eigenvalue weighted by Gasteiger charge is -2.33. The number of benzene rings is 2. The summed E-state index contributed by atoms with van der Waals surface area (Å²) in [5, 5.41) is 1.43. The molecule has 1 aliphatic rings. The first kappa shape index (κ1) is 19.5. The number of piperazine rings is 1. The van der Waals surface area contributed by atoms with Crippen molar-refractivity contribution in [3.63, 3.8) is 0 Å². The molecule has 0 atom stereocenters. The summed E-state index contributed by atoms with van der Waals surface area (Å²) < 4.78 is 40.1. The molecule has 1 saturated heterocycles. The molecular weight excluding hydrogens is 391 g/mol. The van der Waals surface area contributed by atoms with E-state index >= 15 is 0 Å². The lowest BCUT2D eigenvalue weighted by Crippen LogP contribution is -2.50. The number of sulfonamides is 1. The molecule has 3 rings (SSSR count). The van der Waals surface area contributed by atoms with Crippen LogP contribution in [0.3, 0.4) is 0 Å². The van der Waals surface area contributed by atoms with E-state index in [0.29, 0.717) is 0 Å². The molecular formula is C19H18ClFN2O3S. The molecule has 0 aromatic heterocycles. The van der Waals surface area contributed by atoms with Crippen molar-refractivity contribution in [1.29, 1.82) is 0 Å². The van der Waals surface area contributed by atoms with Crippen LogP contribution >= 0.6 is 11.6 Å². The summed E-state index contributed by atoms with van der Waals surface area (Å²) in [5.41, 5.74) is 0.675. The van der Waals surface area contributed by atoms with Crippen LogP contribution in [0.25, 0.3) is 6.08 Å². The predicted octanol–water partition coefficient (Wildman–Crippen LogP) is 3.24. The second kappa shape index (κ2) is 8.21. The van der Waals surface area contributed by atoms with Gasteiger partial charge < -0.3 is 4.90 Å². The number of amides is 1. The summed E-state index contributed by atoms with van der Waals surface area (Å²) in [5.74, 6) is -1.14. The standard InChI is InChI=1S/C19H18ClFN2O3S/c20-16-6-7-18(21)17(14-16)19(24)22-9-11-23(12-10-22)27(25,26)13-8-15-4-2-1-3-5-15/h1-8,13-14H,9-12H2/b13-8+. The zero-order valence-corrected chi connectivity index (χ0v) is 16.0. The molecule has 2 aromatic carbocycles. The maximum atomic E-state index is 13.9. The summed E-state index contributed by atoms with van der Waals surface area (Å²) in [4.78, 5) is 13.9. The van der Waals surface area contributed by atoms with Crippen LogP contribution in [0, 0.1) is 5.82 Å². The average molecular weight is 409 g/mol. The SMILES string of the molecule is O=C(c1cc(Cl)ccc1F)N1CCN(S(=O)(=O)/C=C/c2ccccc2)CC1. The van der Waals surface area contributed by atoms with Crippen molar-refractivity contribution in [3.8, 4) is 0 Å². The van der Waals surface area contributed by atoms with Crippen molar-refractivity contribution in [2.45, 2.75) is 0 Å². The predicted molar refractivity (Wildman–Crippen MR) is 103 cm³/mol. The zero-order chi connectivity index (χ0) is 19.4. The van der Waals surface area contributed by atoms with E-state index in [4.69, 9.17) is 11.6 Å². The minimum absolute atomic E-state index is 0.109. The fourth-order valence-corrected chi connectivity index (χ4v) is 4.14. The van der Waals surface area contributed by atoms with Crippen LogP contribution in [0.2, 0.25) is 5.02 Å². The van der Waals surface area contributed by atoms with Crippen LogP contribution in [0.5, 0.6) is 0 Å². The van der Waals surface area contributed by atoms with Gasteiger partial charge in [-0.1, -0.05) is 41.9 Å². The highest BCUT2D eigenvalue weighted by atomic mass is 35.5. The summed E-state index contributed by atoms with van der Waals surface area (Å²) in [6.45, 7) is 0.664. The summed E-state index contributed by atoms with van der Waals surface area (Å²) in [7, 11) is -3.59. The molecule has 0 saturated carbocycles. The van der Waals surface area contributed by atoms with E-state index < -0.39 is 21.7 Å². The molecule has 5 nitrogen and oxygen atoms in total. The van der Waals surface area contributed by atoms with Crippen molar-refractivity contribution >= 4 is 33.6 Å². The van der Waals surface area contributed by atoms with E-state index in [1.165, 1.54) is 27.4 Å². The molecule has 0 aliphatic carbocycles. The van der Waals surface area contributed by atoms with Crippen molar-refractivity contribution in [2.75, 3.05) is 26.2 Å². The number of carbonyl (C=O) groups excluding carboxylic acids is 1. The molecule has 1 heterocycles. The van der Waals surface area contributed by atoms with Gasteiger partial charge in [-0.15, -0.1) is 0 Å². The van der Waals surface area contributed by atoms with Gasteiger partial charge >= 0.3 is 0 Å². The molecule has 0 spiro atoms. The number of hydrogen-bond donors (Lipinski definition) is 0. The third kappa shape index (κ3) is 4.74. The Morgan fingerprint density at radius 1 is 1.04 bits per heavy atom. The largest absolute Gasteiger partial charge is 0.336 e. The third-order valence-corrected chi connectivity index (χ3v) is 6.08. The lowest BCUT2D eigenvalue weighted by atomic mass is 10.1. The van der Waals surface area contributed by atoms with Crippen LogP contribution in [0.1, 0.15) is 15.9 Å². The van der Waals surface area contributed by atoms with Crippen LogP contribution in [0.15, 0.2) is 53.9 Å². The first-order valence-electron chi connectivity index (χ1n) is 8.34. The average Bonchev–Trinajstić information content (AvgIpc) is 2.69. The molecule has 0 N–H and O–H groups in total. The summed E-state index contributed by atoms with van der Waals surface area (Å²) in [6.07, 6.45) is 1.54. The molecule has 142 valence electrons. The molecule has 0 unspecified atom stereocenters. The molecule has 27 heavy (non-hydrogen) atoms. The van der Waals surface area contributed by atoms with Crippen LogP contribution in [-0.4, -0.2) is 49.7 Å². The van der Waals surface area contributed by atoms with E-state index in [1.807, 2.05) is 30.3 Å². The van der Waals surface area contributed by atoms with E-state index in [-0.39, 0.29) is 36.8 Å². The van der Waals surface area contributed by atoms with E-state index in [0.717, 1.165) is 17.0 Å². The van der Waals surface area contributed by atoms with Gasteiger partial charge in [-0.3, -0.25) is 4.79 Å². The van der Waals surface area contributed by atoms with Gasteiger partial charge in [0.25, 0.3) is 5.91 Å². The van der Waals surface area contributed by atoms with Gasteiger partial charge in [0.15, 0.2) is 0 Å². The molecule has 2 aromatic rings. The minimum atomic E-state index is -3.59. The Kier molecular flexibility index (Phi) is 5.94. The van der Waals surface area contributed by atoms with E-state index in [1.54, 1.807) is 0 Å². The monoisotopic (exact) mass is 408 g/mol. The van der Waals surface area contributed by atoms with Gasteiger partial charge in [-0.05, 0) is 29.8 Å². The highest BCUT2D eigenvalue weighted by Gasteiger charge is 2.28. The van der Waals surface area contributed by atoms with E-state index in [9.17, 15) is 17.6 Å². The molecule has 1 fully saturated rings. The second-order valence-corrected chi connectivity index (χ2v) is 8.33. The fraction of sp³-hybridized carbons (Fsp3) is 0.211. The van der Waals surface area contributed by atoms with Crippen molar-refractivity contribution < 1.29 is 17.6 Å². The highest BCUT2D eigenvalue weighted by Crippen LogP contribution is 2.19. The molecule has 1 aliphatic heterocycles. The Balaban J connectivity index is 1.65. The number of halogens is 2. The van der Waals surface area contributed by atoms with Gasteiger partial charge in [0.2, 0.25) is 10.0 Å². The van der Waals surface area contributed by atoms with Gasteiger partial charge in [-0.25, -0.2) is 12.8 Å². The van der Waals surface area contributed by atoms with Gasteiger partial charge in [-0.2, -0.15) is 4.31 Å². The van der Waals surface area contributed by atoms with Crippen LogP contribution in [-0.2, 0) is 10.0 Å². The molecule has 0 bridgehead atoms. The smallest absolute Gasteiger partial charge is 0.256 e. The molecule has 8 heteroatoms. The van der Waals surface area contributed by atoms with Crippen molar-refractivity contribution in [2.24, 2.45) is 0 Å². The zero-order valence-electron chi connectivity index (χ0n) is 14.4. The number of carbonyl (C=O) groups is 1. The third-order valence-electron chi connectivity index (χ3n) is 4.28. The topological polar surface area (TPSA) is 57.7 Å². The minimum Gasteiger partial charge on any atom is -0.336 e. The number of nitrogens with zero attached hydrogens (tertiary/aromatic N) is 2. The number of rotatable bonds is 4. The molecule has 1 amide bonds. The van der Waals surface area contributed by atoms with E-state index in [2.05, 4.69) is 0 Å². The lowest BCUT2D eigenvalue weighted by molar-refractivity contribution is 0.0694.